The Hall–Kier alpha value is -3.78. The number of fused-ring (bicyclic) bond motifs is 1. The van der Waals surface area contributed by atoms with Crippen molar-refractivity contribution in [1.29, 1.82) is 0 Å². The molecule has 0 saturated carbocycles. The number of halogens is 1. The van der Waals surface area contributed by atoms with Gasteiger partial charge in [0.1, 0.15) is 5.82 Å². The van der Waals surface area contributed by atoms with Gasteiger partial charge >= 0.3 is 0 Å². The van der Waals surface area contributed by atoms with E-state index in [1.54, 1.807) is 31.2 Å². The molecule has 1 aliphatic rings. The van der Waals surface area contributed by atoms with Crippen molar-refractivity contribution in [1.82, 2.24) is 24.5 Å². The Bertz CT molecular complexity index is 1440. The van der Waals surface area contributed by atoms with E-state index in [2.05, 4.69) is 25.2 Å². The van der Waals surface area contributed by atoms with Crippen molar-refractivity contribution in [3.05, 3.63) is 87.1 Å². The summed E-state index contributed by atoms with van der Waals surface area (Å²) < 4.78 is 3.65. The predicted octanol–water partition coefficient (Wildman–Crippen LogP) is 4.43. The summed E-state index contributed by atoms with van der Waals surface area (Å²) in [6, 6.07) is 15.9. The fraction of sp³-hybridized carbons (Fsp3) is 0.240. The highest BCUT2D eigenvalue weighted by molar-refractivity contribution is 6.32. The molecule has 172 valence electrons. The van der Waals surface area contributed by atoms with Gasteiger partial charge in [0, 0.05) is 36.0 Å². The smallest absolute Gasteiger partial charge is 0.280 e. The van der Waals surface area contributed by atoms with Gasteiger partial charge in [-0.2, -0.15) is 5.10 Å². The maximum atomic E-state index is 13.0. The largest absolute Gasteiger partial charge is 0.320 e. The van der Waals surface area contributed by atoms with Crippen LogP contribution in [-0.4, -0.2) is 30.5 Å². The van der Waals surface area contributed by atoms with Crippen LogP contribution in [0, 0.1) is 6.92 Å². The molecule has 5 rings (SSSR count). The highest BCUT2D eigenvalue weighted by Gasteiger charge is 2.19. The number of rotatable bonds is 4. The van der Waals surface area contributed by atoms with E-state index in [0.29, 0.717) is 22.1 Å². The van der Waals surface area contributed by atoms with Gasteiger partial charge < -0.3 is 9.88 Å². The molecule has 0 spiro atoms. The van der Waals surface area contributed by atoms with E-state index >= 15 is 0 Å². The zero-order valence-electron chi connectivity index (χ0n) is 18.7. The van der Waals surface area contributed by atoms with Crippen molar-refractivity contribution < 1.29 is 4.79 Å². The van der Waals surface area contributed by atoms with Gasteiger partial charge in [-0.3, -0.25) is 9.59 Å². The molecule has 1 amide bonds. The van der Waals surface area contributed by atoms with E-state index in [0.717, 1.165) is 43.0 Å². The number of nitrogens with zero attached hydrogens (tertiary/aromatic N) is 5. The normalized spacial score (nSPS) is 13.2. The molecule has 0 aliphatic carbocycles. The van der Waals surface area contributed by atoms with Crippen molar-refractivity contribution in [2.75, 3.05) is 5.32 Å². The lowest BCUT2D eigenvalue weighted by Crippen LogP contribution is -2.27. The predicted molar refractivity (Wildman–Crippen MR) is 131 cm³/mol. The Kier molecular flexibility index (Phi) is 5.98. The first-order chi connectivity index (χ1) is 16.5. The molecule has 0 saturated heterocycles. The van der Waals surface area contributed by atoms with Crippen LogP contribution in [0.15, 0.2) is 59.4 Å². The lowest BCUT2D eigenvalue weighted by Gasteiger charge is -2.13. The maximum absolute atomic E-state index is 13.0. The van der Waals surface area contributed by atoms with Gasteiger partial charge in [0.15, 0.2) is 11.5 Å². The SMILES string of the molecule is Cc1cc(=O)c(C(=O)Nc2cccc(-c3nnc4n3CCCCC4)c2)nn1-c1ccccc1Cl. The third kappa shape index (κ3) is 4.24. The lowest BCUT2D eigenvalue weighted by atomic mass is 10.1. The quantitative estimate of drug-likeness (QED) is 0.472. The number of para-hydroxylation sites is 1. The van der Waals surface area contributed by atoms with Crippen LogP contribution in [0.5, 0.6) is 0 Å². The summed E-state index contributed by atoms with van der Waals surface area (Å²) in [5.74, 6) is 1.18. The molecule has 2 aromatic carbocycles. The van der Waals surface area contributed by atoms with Crippen molar-refractivity contribution >= 4 is 23.2 Å². The molecule has 34 heavy (non-hydrogen) atoms. The fourth-order valence-corrected chi connectivity index (χ4v) is 4.41. The first-order valence-corrected chi connectivity index (χ1v) is 11.6. The Labute approximate surface area is 201 Å². The van der Waals surface area contributed by atoms with Crippen LogP contribution in [0.25, 0.3) is 17.1 Å². The Morgan fingerprint density at radius 3 is 2.74 bits per heavy atom. The molecule has 0 fully saturated rings. The molecule has 0 bridgehead atoms. The number of carbonyl (C=O) groups excluding carboxylic acids is 1. The third-order valence-corrected chi connectivity index (χ3v) is 6.21. The Morgan fingerprint density at radius 2 is 1.88 bits per heavy atom. The summed E-state index contributed by atoms with van der Waals surface area (Å²) in [5.41, 5.74) is 1.88. The molecular weight excluding hydrogens is 452 g/mol. The second kappa shape index (κ2) is 9.23. The summed E-state index contributed by atoms with van der Waals surface area (Å²) in [5, 5.41) is 16.3. The topological polar surface area (TPSA) is 94.7 Å². The Balaban J connectivity index is 1.45. The molecule has 1 aliphatic heterocycles. The molecule has 2 aromatic heterocycles. The van der Waals surface area contributed by atoms with E-state index in [4.69, 9.17) is 11.6 Å². The molecule has 9 heteroatoms. The van der Waals surface area contributed by atoms with Crippen LogP contribution in [-0.2, 0) is 13.0 Å². The van der Waals surface area contributed by atoms with Gasteiger partial charge in [-0.25, -0.2) is 4.68 Å². The molecule has 0 radical (unpaired) electrons. The van der Waals surface area contributed by atoms with Crippen LogP contribution in [0.2, 0.25) is 5.02 Å². The average Bonchev–Trinajstić information content (AvgIpc) is 3.08. The minimum absolute atomic E-state index is 0.215. The summed E-state index contributed by atoms with van der Waals surface area (Å²) in [7, 11) is 0. The Morgan fingerprint density at radius 1 is 1.03 bits per heavy atom. The standard InChI is InChI=1S/C25H23ClN6O2/c1-16-14-21(33)23(30-32(16)20-11-5-4-10-19(20)26)25(34)27-18-9-7-8-17(15-18)24-29-28-22-12-3-2-6-13-31(22)24/h4-5,7-11,14-15H,2-3,6,12-13H2,1H3,(H,27,34). The van der Waals surface area contributed by atoms with Crippen molar-refractivity contribution in [2.45, 2.75) is 39.2 Å². The number of amides is 1. The molecule has 1 N–H and O–H groups in total. The zero-order chi connectivity index (χ0) is 23.7. The molecular formula is C25H23ClN6O2. The molecule has 4 aromatic rings. The number of benzene rings is 2. The van der Waals surface area contributed by atoms with E-state index in [1.165, 1.54) is 17.2 Å². The summed E-state index contributed by atoms with van der Waals surface area (Å²) in [6.07, 6.45) is 4.29. The van der Waals surface area contributed by atoms with Gasteiger partial charge in [0.25, 0.3) is 5.91 Å². The number of aryl methyl sites for hydroxylation is 2. The number of nitrogens with one attached hydrogen (secondary N) is 1. The highest BCUT2D eigenvalue weighted by Crippen LogP contribution is 2.25. The van der Waals surface area contributed by atoms with Crippen LogP contribution >= 0.6 is 11.6 Å². The highest BCUT2D eigenvalue weighted by atomic mass is 35.5. The number of hydrogen-bond donors (Lipinski definition) is 1. The van der Waals surface area contributed by atoms with Crippen LogP contribution in [0.4, 0.5) is 5.69 Å². The lowest BCUT2D eigenvalue weighted by molar-refractivity contribution is 0.101. The monoisotopic (exact) mass is 474 g/mol. The summed E-state index contributed by atoms with van der Waals surface area (Å²) in [4.78, 5) is 25.6. The van der Waals surface area contributed by atoms with E-state index in [-0.39, 0.29) is 5.69 Å². The minimum atomic E-state index is -0.594. The first kappa shape index (κ1) is 22.0. The number of hydrogen-bond acceptors (Lipinski definition) is 5. The number of anilines is 1. The van der Waals surface area contributed by atoms with E-state index in [1.807, 2.05) is 24.3 Å². The zero-order valence-corrected chi connectivity index (χ0v) is 19.4. The van der Waals surface area contributed by atoms with Gasteiger partial charge in [0.05, 0.1) is 10.7 Å². The second-order valence-corrected chi connectivity index (χ2v) is 8.71. The van der Waals surface area contributed by atoms with Gasteiger partial charge in [0.2, 0.25) is 5.43 Å². The van der Waals surface area contributed by atoms with E-state index < -0.39 is 11.3 Å². The van der Waals surface area contributed by atoms with E-state index in [9.17, 15) is 9.59 Å². The van der Waals surface area contributed by atoms with Crippen molar-refractivity contribution in [3.63, 3.8) is 0 Å². The van der Waals surface area contributed by atoms with Crippen LogP contribution in [0.3, 0.4) is 0 Å². The first-order valence-electron chi connectivity index (χ1n) is 11.2. The fourth-order valence-electron chi connectivity index (χ4n) is 4.20. The van der Waals surface area contributed by atoms with Gasteiger partial charge in [-0.1, -0.05) is 42.3 Å². The number of carbonyl (C=O) groups is 1. The third-order valence-electron chi connectivity index (χ3n) is 5.89. The van der Waals surface area contributed by atoms with Crippen molar-refractivity contribution in [3.8, 4) is 17.1 Å². The minimum Gasteiger partial charge on any atom is -0.320 e. The summed E-state index contributed by atoms with van der Waals surface area (Å²) in [6.45, 7) is 2.62. The van der Waals surface area contributed by atoms with Crippen LogP contribution < -0.4 is 10.7 Å². The molecule has 0 unspecified atom stereocenters. The molecule has 0 atom stereocenters. The molecule has 3 heterocycles. The maximum Gasteiger partial charge on any atom is 0.280 e. The second-order valence-electron chi connectivity index (χ2n) is 8.30. The summed E-state index contributed by atoms with van der Waals surface area (Å²) >= 11 is 6.31. The van der Waals surface area contributed by atoms with Crippen LogP contribution in [0.1, 0.15) is 41.3 Å². The average molecular weight is 475 g/mol. The van der Waals surface area contributed by atoms with Gasteiger partial charge in [-0.15, -0.1) is 10.2 Å². The number of aromatic nitrogens is 5. The molecule has 8 nitrogen and oxygen atoms in total. The van der Waals surface area contributed by atoms with Crippen molar-refractivity contribution in [2.24, 2.45) is 0 Å². The van der Waals surface area contributed by atoms with Gasteiger partial charge in [-0.05, 0) is 44.0 Å².